The van der Waals surface area contributed by atoms with Crippen LogP contribution >= 0.6 is 0 Å². The number of pyridine rings is 1. The normalized spacial score (nSPS) is 10.3. The zero-order chi connectivity index (χ0) is 12.8. The topological polar surface area (TPSA) is 48.1 Å². The number of nitrogens with zero attached hydrogens (tertiary/aromatic N) is 1. The summed E-state index contributed by atoms with van der Waals surface area (Å²) in [6.45, 7) is 2.72. The molecule has 0 fully saturated rings. The Hall–Kier alpha value is -1.87. The van der Waals surface area contributed by atoms with Crippen molar-refractivity contribution in [1.29, 1.82) is 0 Å². The molecule has 0 aliphatic carbocycles. The van der Waals surface area contributed by atoms with Gasteiger partial charge in [0.15, 0.2) is 0 Å². The molecule has 3 heteroatoms. The van der Waals surface area contributed by atoms with E-state index >= 15 is 0 Å². The lowest BCUT2D eigenvalue weighted by Crippen LogP contribution is -2.04. The van der Waals surface area contributed by atoms with E-state index in [9.17, 15) is 0 Å². The summed E-state index contributed by atoms with van der Waals surface area (Å²) in [5.41, 5.74) is 7.88. The van der Waals surface area contributed by atoms with E-state index < -0.39 is 0 Å². The first kappa shape index (κ1) is 12.6. The molecule has 94 valence electrons. The molecule has 2 rings (SSSR count). The van der Waals surface area contributed by atoms with E-state index in [-0.39, 0.29) is 0 Å². The molecule has 3 nitrogen and oxygen atoms in total. The van der Waals surface area contributed by atoms with Crippen molar-refractivity contribution in [2.24, 2.45) is 5.73 Å². The van der Waals surface area contributed by atoms with Gasteiger partial charge in [0.2, 0.25) is 5.88 Å². The van der Waals surface area contributed by atoms with E-state index in [1.807, 2.05) is 30.3 Å². The summed E-state index contributed by atoms with van der Waals surface area (Å²) in [5.74, 6) is 1.47. The fraction of sp³-hybridized carbons (Fsp3) is 0.267. The maximum absolute atomic E-state index is 5.84. The first-order chi connectivity index (χ1) is 8.83. The van der Waals surface area contributed by atoms with Crippen LogP contribution in [0.1, 0.15) is 18.1 Å². The number of aromatic nitrogens is 1. The highest BCUT2D eigenvalue weighted by molar-refractivity contribution is 5.34. The lowest BCUT2D eigenvalue weighted by molar-refractivity contribution is 0.455. The van der Waals surface area contributed by atoms with Crippen LogP contribution in [0.4, 0.5) is 0 Å². The number of aryl methyl sites for hydroxylation is 1. The van der Waals surface area contributed by atoms with Gasteiger partial charge in [-0.15, -0.1) is 0 Å². The Morgan fingerprint density at radius 3 is 2.89 bits per heavy atom. The molecule has 0 aliphatic rings. The molecule has 18 heavy (non-hydrogen) atoms. The third-order valence-corrected chi connectivity index (χ3v) is 2.78. The minimum atomic E-state index is 0.594. The van der Waals surface area contributed by atoms with Crippen LogP contribution in [-0.2, 0) is 12.8 Å². The van der Waals surface area contributed by atoms with Crippen LogP contribution < -0.4 is 10.5 Å². The molecule has 0 bridgehead atoms. The molecule has 0 saturated heterocycles. The van der Waals surface area contributed by atoms with Crippen molar-refractivity contribution >= 4 is 0 Å². The number of rotatable bonds is 5. The van der Waals surface area contributed by atoms with E-state index in [2.05, 4.69) is 18.0 Å². The molecule has 1 heterocycles. The molecule has 0 amide bonds. The molecular formula is C15H18N2O. The number of ether oxygens (including phenoxy) is 1. The quantitative estimate of drug-likeness (QED) is 0.877. The fourth-order valence-corrected chi connectivity index (χ4v) is 1.80. The van der Waals surface area contributed by atoms with Crippen LogP contribution in [0.15, 0.2) is 42.6 Å². The molecule has 1 aromatic carbocycles. The Morgan fingerprint density at radius 1 is 1.22 bits per heavy atom. The van der Waals surface area contributed by atoms with Crippen molar-refractivity contribution in [3.8, 4) is 11.6 Å². The molecule has 0 spiro atoms. The predicted octanol–water partition coefficient (Wildman–Crippen LogP) is 2.94. The van der Waals surface area contributed by atoms with E-state index in [1.165, 1.54) is 5.56 Å². The van der Waals surface area contributed by atoms with E-state index in [0.717, 1.165) is 24.2 Å². The van der Waals surface area contributed by atoms with Crippen molar-refractivity contribution in [1.82, 2.24) is 4.98 Å². The molecule has 1 aromatic heterocycles. The Kier molecular flexibility index (Phi) is 4.31. The monoisotopic (exact) mass is 242 g/mol. The molecule has 2 aromatic rings. The molecule has 0 radical (unpaired) electrons. The van der Waals surface area contributed by atoms with Gasteiger partial charge in [-0.25, -0.2) is 4.98 Å². The van der Waals surface area contributed by atoms with Gasteiger partial charge in [0.1, 0.15) is 5.75 Å². The van der Waals surface area contributed by atoms with Crippen LogP contribution in [0.3, 0.4) is 0 Å². The number of nitrogens with two attached hydrogens (primary N) is 1. The van der Waals surface area contributed by atoms with Crippen molar-refractivity contribution in [2.45, 2.75) is 19.8 Å². The lowest BCUT2D eigenvalue weighted by atomic mass is 10.1. The molecule has 0 atom stereocenters. The Labute approximate surface area is 108 Å². The average molecular weight is 242 g/mol. The minimum absolute atomic E-state index is 0.594. The second kappa shape index (κ2) is 6.17. The fourth-order valence-electron chi connectivity index (χ4n) is 1.80. The van der Waals surface area contributed by atoms with Crippen molar-refractivity contribution in [2.75, 3.05) is 6.54 Å². The Morgan fingerprint density at radius 2 is 2.11 bits per heavy atom. The van der Waals surface area contributed by atoms with Gasteiger partial charge in [-0.05, 0) is 43.1 Å². The van der Waals surface area contributed by atoms with Crippen molar-refractivity contribution < 1.29 is 4.74 Å². The van der Waals surface area contributed by atoms with E-state index in [0.29, 0.717) is 12.4 Å². The number of hydrogen-bond acceptors (Lipinski definition) is 3. The van der Waals surface area contributed by atoms with Gasteiger partial charge in [-0.3, -0.25) is 0 Å². The molecule has 2 N–H and O–H groups in total. The van der Waals surface area contributed by atoms with Gasteiger partial charge in [0.25, 0.3) is 0 Å². The summed E-state index contributed by atoms with van der Waals surface area (Å²) in [4.78, 5) is 4.27. The predicted molar refractivity (Wildman–Crippen MR) is 72.9 cm³/mol. The van der Waals surface area contributed by atoms with Gasteiger partial charge in [0.05, 0.1) is 0 Å². The summed E-state index contributed by atoms with van der Waals surface area (Å²) < 4.78 is 5.84. The van der Waals surface area contributed by atoms with E-state index in [4.69, 9.17) is 10.5 Å². The van der Waals surface area contributed by atoms with E-state index in [1.54, 1.807) is 6.20 Å². The van der Waals surface area contributed by atoms with Crippen molar-refractivity contribution in [3.63, 3.8) is 0 Å². The van der Waals surface area contributed by atoms with Gasteiger partial charge >= 0.3 is 0 Å². The van der Waals surface area contributed by atoms with Gasteiger partial charge in [-0.2, -0.15) is 0 Å². The third-order valence-electron chi connectivity index (χ3n) is 2.78. The van der Waals surface area contributed by atoms with Gasteiger partial charge in [0, 0.05) is 11.8 Å². The number of hydrogen-bond donors (Lipinski definition) is 1. The van der Waals surface area contributed by atoms with Crippen LogP contribution in [0.5, 0.6) is 11.6 Å². The smallest absolute Gasteiger partial charge is 0.222 e. The summed E-state index contributed by atoms with van der Waals surface area (Å²) in [6.07, 6.45) is 3.50. The summed E-state index contributed by atoms with van der Waals surface area (Å²) >= 11 is 0. The van der Waals surface area contributed by atoms with Crippen LogP contribution in [0, 0.1) is 0 Å². The van der Waals surface area contributed by atoms with Crippen molar-refractivity contribution in [3.05, 3.63) is 53.7 Å². The minimum Gasteiger partial charge on any atom is -0.439 e. The SMILES string of the molecule is CCc1cccc(Oc2ncccc2CCN)c1. The third kappa shape index (κ3) is 3.08. The summed E-state index contributed by atoms with van der Waals surface area (Å²) in [6, 6.07) is 12.0. The zero-order valence-electron chi connectivity index (χ0n) is 10.6. The first-order valence-corrected chi connectivity index (χ1v) is 6.24. The maximum atomic E-state index is 5.84. The molecule has 0 aliphatic heterocycles. The highest BCUT2D eigenvalue weighted by atomic mass is 16.5. The first-order valence-electron chi connectivity index (χ1n) is 6.24. The second-order valence-corrected chi connectivity index (χ2v) is 4.11. The average Bonchev–Trinajstić information content (AvgIpc) is 2.41. The van der Waals surface area contributed by atoms with Gasteiger partial charge in [-0.1, -0.05) is 25.1 Å². The standard InChI is InChI=1S/C15H18N2O/c1-2-12-5-3-7-14(11-12)18-15-13(8-9-16)6-4-10-17-15/h3-7,10-11H,2,8-9,16H2,1H3. The highest BCUT2D eigenvalue weighted by Crippen LogP contribution is 2.23. The lowest BCUT2D eigenvalue weighted by Gasteiger charge is -2.09. The maximum Gasteiger partial charge on any atom is 0.222 e. The Bertz CT molecular complexity index is 511. The molecule has 0 unspecified atom stereocenters. The Balaban J connectivity index is 2.22. The van der Waals surface area contributed by atoms with Crippen LogP contribution in [0.25, 0.3) is 0 Å². The van der Waals surface area contributed by atoms with Gasteiger partial charge < -0.3 is 10.5 Å². The number of benzene rings is 1. The van der Waals surface area contributed by atoms with Crippen LogP contribution in [0.2, 0.25) is 0 Å². The second-order valence-electron chi connectivity index (χ2n) is 4.11. The summed E-state index contributed by atoms with van der Waals surface area (Å²) in [5, 5.41) is 0. The van der Waals surface area contributed by atoms with Crippen LogP contribution in [-0.4, -0.2) is 11.5 Å². The summed E-state index contributed by atoms with van der Waals surface area (Å²) in [7, 11) is 0. The zero-order valence-corrected chi connectivity index (χ0v) is 10.6. The molecular weight excluding hydrogens is 224 g/mol. The molecule has 0 saturated carbocycles. The highest BCUT2D eigenvalue weighted by Gasteiger charge is 2.05. The largest absolute Gasteiger partial charge is 0.439 e.